The van der Waals surface area contributed by atoms with Gasteiger partial charge in [0.15, 0.2) is 0 Å². The van der Waals surface area contributed by atoms with Gasteiger partial charge < -0.3 is 4.57 Å². The minimum Gasteiger partial charge on any atom is -0.321 e. The predicted molar refractivity (Wildman–Crippen MR) is 67.1 cm³/mol. The maximum atomic E-state index is 8.81. The van der Waals surface area contributed by atoms with E-state index >= 15 is 0 Å². The van der Waals surface area contributed by atoms with E-state index < -0.39 is 8.24 Å². The SMILES string of the molecule is CCN(C1CC=C(C#N)CC1)[Si](C)(C)C. The third kappa shape index (κ3) is 3.18. The standard InChI is InChI=1S/C12H22N2Si/c1-5-14(15(2,3)4)12-8-6-11(10-13)7-9-12/h6,12H,5,7-9H2,1-4H3. The summed E-state index contributed by atoms with van der Waals surface area (Å²) in [5.41, 5.74) is 0.984. The first-order valence-electron chi connectivity index (χ1n) is 5.85. The van der Waals surface area contributed by atoms with Crippen LogP contribution in [0.1, 0.15) is 26.2 Å². The number of allylic oxidation sites excluding steroid dienone is 1. The summed E-state index contributed by atoms with van der Waals surface area (Å²) in [6, 6.07) is 2.95. The van der Waals surface area contributed by atoms with Gasteiger partial charge in [-0.25, -0.2) is 0 Å². The van der Waals surface area contributed by atoms with Crippen molar-refractivity contribution in [3.63, 3.8) is 0 Å². The van der Waals surface area contributed by atoms with Crippen LogP contribution < -0.4 is 0 Å². The van der Waals surface area contributed by atoms with Crippen molar-refractivity contribution in [2.45, 2.75) is 51.9 Å². The van der Waals surface area contributed by atoms with Crippen LogP contribution in [0.5, 0.6) is 0 Å². The number of rotatable bonds is 3. The maximum Gasteiger partial charge on any atom is 0.119 e. The number of nitrogens with zero attached hydrogens (tertiary/aromatic N) is 2. The van der Waals surface area contributed by atoms with Gasteiger partial charge in [0.2, 0.25) is 0 Å². The van der Waals surface area contributed by atoms with Crippen molar-refractivity contribution in [3.05, 3.63) is 11.6 Å². The second kappa shape index (κ2) is 4.96. The van der Waals surface area contributed by atoms with Gasteiger partial charge in [-0.3, -0.25) is 0 Å². The molecule has 1 rings (SSSR count). The van der Waals surface area contributed by atoms with Crippen LogP contribution in [0.3, 0.4) is 0 Å². The predicted octanol–water partition coefficient (Wildman–Crippen LogP) is 3.15. The van der Waals surface area contributed by atoms with Crippen molar-refractivity contribution < 1.29 is 0 Å². The summed E-state index contributed by atoms with van der Waals surface area (Å²) in [4.78, 5) is 0. The van der Waals surface area contributed by atoms with Gasteiger partial charge in [0.05, 0.1) is 6.07 Å². The van der Waals surface area contributed by atoms with Crippen LogP contribution in [0.15, 0.2) is 11.6 Å². The Labute approximate surface area is 94.7 Å². The van der Waals surface area contributed by atoms with Crippen molar-refractivity contribution in [1.29, 1.82) is 5.26 Å². The molecule has 2 nitrogen and oxygen atoms in total. The van der Waals surface area contributed by atoms with Gasteiger partial charge in [-0.15, -0.1) is 0 Å². The molecule has 3 heteroatoms. The molecule has 0 saturated heterocycles. The molecule has 0 radical (unpaired) electrons. The van der Waals surface area contributed by atoms with Gasteiger partial charge in [0.1, 0.15) is 8.24 Å². The molecule has 1 atom stereocenters. The summed E-state index contributed by atoms with van der Waals surface area (Å²) in [5.74, 6) is 0. The molecule has 0 N–H and O–H groups in total. The van der Waals surface area contributed by atoms with Crippen LogP contribution in [0.2, 0.25) is 19.6 Å². The summed E-state index contributed by atoms with van der Waals surface area (Å²) in [6.07, 6.45) is 5.34. The molecule has 84 valence electrons. The molecule has 1 unspecified atom stereocenters. The molecule has 0 fully saturated rings. The Bertz CT molecular complexity index is 283. The number of nitriles is 1. The fourth-order valence-corrected chi connectivity index (χ4v) is 4.76. The molecule has 1 aliphatic rings. The first-order valence-corrected chi connectivity index (χ1v) is 9.29. The summed E-state index contributed by atoms with van der Waals surface area (Å²) in [7, 11) is -1.19. The molecular formula is C12H22N2Si. The molecule has 1 aliphatic carbocycles. The molecule has 0 saturated carbocycles. The average Bonchev–Trinajstić information content (AvgIpc) is 2.18. The van der Waals surface area contributed by atoms with E-state index in [1.165, 1.54) is 0 Å². The summed E-state index contributed by atoms with van der Waals surface area (Å²) in [6.45, 7) is 10.6. The van der Waals surface area contributed by atoms with E-state index in [4.69, 9.17) is 5.26 Å². The minimum atomic E-state index is -1.19. The van der Waals surface area contributed by atoms with Gasteiger partial charge in [-0.1, -0.05) is 32.6 Å². The summed E-state index contributed by atoms with van der Waals surface area (Å²) >= 11 is 0. The monoisotopic (exact) mass is 222 g/mol. The minimum absolute atomic E-state index is 0.679. The van der Waals surface area contributed by atoms with E-state index in [9.17, 15) is 0 Å². The highest BCUT2D eigenvalue weighted by atomic mass is 28.3. The van der Waals surface area contributed by atoms with Crippen LogP contribution in [0, 0.1) is 11.3 Å². The van der Waals surface area contributed by atoms with Crippen molar-refractivity contribution in [2.75, 3.05) is 6.54 Å². The largest absolute Gasteiger partial charge is 0.321 e. The maximum absolute atomic E-state index is 8.81. The lowest BCUT2D eigenvalue weighted by atomic mass is 9.96. The van der Waals surface area contributed by atoms with Gasteiger partial charge in [-0.2, -0.15) is 5.26 Å². The Kier molecular flexibility index (Phi) is 4.12. The smallest absolute Gasteiger partial charge is 0.119 e. The summed E-state index contributed by atoms with van der Waals surface area (Å²) in [5, 5.41) is 8.81. The lowest BCUT2D eigenvalue weighted by Crippen LogP contribution is -2.52. The second-order valence-corrected chi connectivity index (χ2v) is 10.1. The molecule has 0 spiro atoms. The van der Waals surface area contributed by atoms with E-state index in [1.807, 2.05) is 0 Å². The van der Waals surface area contributed by atoms with E-state index in [-0.39, 0.29) is 0 Å². The van der Waals surface area contributed by atoms with E-state index in [0.29, 0.717) is 6.04 Å². The third-order valence-electron chi connectivity index (χ3n) is 3.17. The fraction of sp³-hybridized carbons (Fsp3) is 0.750. The van der Waals surface area contributed by atoms with Crippen LogP contribution in [0.4, 0.5) is 0 Å². The number of hydrogen-bond donors (Lipinski definition) is 0. The molecule has 0 bridgehead atoms. The van der Waals surface area contributed by atoms with Crippen molar-refractivity contribution in [1.82, 2.24) is 4.57 Å². The molecule has 0 aromatic rings. The Hall–Kier alpha value is -0.593. The topological polar surface area (TPSA) is 27.0 Å². The molecule has 0 amide bonds. The Balaban J connectivity index is 2.67. The summed E-state index contributed by atoms with van der Waals surface area (Å²) < 4.78 is 2.68. The van der Waals surface area contributed by atoms with Gasteiger partial charge >= 0.3 is 0 Å². The van der Waals surface area contributed by atoms with E-state index in [2.05, 4.69) is 43.3 Å². The zero-order valence-electron chi connectivity index (χ0n) is 10.4. The Morgan fingerprint density at radius 1 is 1.53 bits per heavy atom. The molecule has 0 aliphatic heterocycles. The van der Waals surface area contributed by atoms with Gasteiger partial charge in [0.25, 0.3) is 0 Å². The Morgan fingerprint density at radius 3 is 2.53 bits per heavy atom. The highest BCUT2D eigenvalue weighted by molar-refractivity contribution is 6.73. The first-order chi connectivity index (χ1) is 6.99. The highest BCUT2D eigenvalue weighted by Crippen LogP contribution is 2.25. The lowest BCUT2D eigenvalue weighted by molar-refractivity contribution is 0.305. The highest BCUT2D eigenvalue weighted by Gasteiger charge is 2.29. The van der Waals surface area contributed by atoms with Crippen molar-refractivity contribution in [3.8, 4) is 6.07 Å². The molecule has 15 heavy (non-hydrogen) atoms. The first kappa shape index (κ1) is 12.5. The van der Waals surface area contributed by atoms with Crippen molar-refractivity contribution >= 4 is 8.24 Å². The zero-order valence-corrected chi connectivity index (χ0v) is 11.4. The van der Waals surface area contributed by atoms with E-state index in [0.717, 1.165) is 31.4 Å². The van der Waals surface area contributed by atoms with Crippen LogP contribution in [0.25, 0.3) is 0 Å². The molecule has 0 heterocycles. The lowest BCUT2D eigenvalue weighted by Gasteiger charge is -2.41. The third-order valence-corrected chi connectivity index (χ3v) is 5.57. The van der Waals surface area contributed by atoms with Gasteiger partial charge in [-0.05, 0) is 25.8 Å². The van der Waals surface area contributed by atoms with Crippen molar-refractivity contribution in [2.24, 2.45) is 0 Å². The quantitative estimate of drug-likeness (QED) is 0.686. The Morgan fingerprint density at radius 2 is 2.20 bits per heavy atom. The normalized spacial score (nSPS) is 22.4. The second-order valence-electron chi connectivity index (χ2n) is 5.23. The average molecular weight is 222 g/mol. The molecular weight excluding hydrogens is 200 g/mol. The number of hydrogen-bond acceptors (Lipinski definition) is 2. The zero-order chi connectivity index (χ0) is 11.5. The van der Waals surface area contributed by atoms with E-state index in [1.54, 1.807) is 0 Å². The van der Waals surface area contributed by atoms with Crippen LogP contribution in [-0.2, 0) is 0 Å². The van der Waals surface area contributed by atoms with Crippen LogP contribution >= 0.6 is 0 Å². The fourth-order valence-electron chi connectivity index (χ4n) is 2.49. The molecule has 0 aromatic heterocycles. The molecule has 0 aromatic carbocycles. The van der Waals surface area contributed by atoms with Crippen LogP contribution in [-0.4, -0.2) is 25.4 Å². The van der Waals surface area contributed by atoms with Gasteiger partial charge in [0, 0.05) is 11.6 Å².